The summed E-state index contributed by atoms with van der Waals surface area (Å²) in [6.45, 7) is 4.49. The van der Waals surface area contributed by atoms with Crippen LogP contribution in [0.4, 0.5) is 5.69 Å². The standard InChI is InChI=1S/C21H20BrN5O/c22-18-4-1-3-17(13-18)21-25-24-20(28-21)15-26-9-2-10-27(12-11-26)19-7-5-16(14-23)6-8-19/h1,3-8,13H,2,9-12,15H2. The first-order chi connectivity index (χ1) is 13.7. The van der Waals surface area contributed by atoms with Gasteiger partial charge in [-0.2, -0.15) is 5.26 Å². The van der Waals surface area contributed by atoms with E-state index < -0.39 is 0 Å². The Balaban J connectivity index is 1.38. The van der Waals surface area contributed by atoms with Crippen molar-refractivity contribution in [3.63, 3.8) is 0 Å². The van der Waals surface area contributed by atoms with Crippen LogP contribution in [0.3, 0.4) is 0 Å². The maximum atomic E-state index is 8.95. The predicted octanol–water partition coefficient (Wildman–Crippen LogP) is 4.08. The van der Waals surface area contributed by atoms with Crippen molar-refractivity contribution in [2.45, 2.75) is 13.0 Å². The summed E-state index contributed by atoms with van der Waals surface area (Å²) >= 11 is 3.47. The lowest BCUT2D eigenvalue weighted by Gasteiger charge is -2.23. The minimum absolute atomic E-state index is 0.547. The first-order valence-electron chi connectivity index (χ1n) is 9.27. The van der Waals surface area contributed by atoms with Gasteiger partial charge in [-0.1, -0.05) is 22.0 Å². The lowest BCUT2D eigenvalue weighted by Crippen LogP contribution is -2.30. The molecule has 28 heavy (non-hydrogen) atoms. The fourth-order valence-electron chi connectivity index (χ4n) is 3.38. The number of halogens is 1. The number of nitriles is 1. The van der Waals surface area contributed by atoms with Crippen molar-refractivity contribution >= 4 is 21.6 Å². The van der Waals surface area contributed by atoms with Crippen LogP contribution >= 0.6 is 15.9 Å². The summed E-state index contributed by atoms with van der Waals surface area (Å²) in [7, 11) is 0. The molecule has 0 saturated carbocycles. The summed E-state index contributed by atoms with van der Waals surface area (Å²) in [6.07, 6.45) is 1.06. The summed E-state index contributed by atoms with van der Waals surface area (Å²) in [6, 6.07) is 17.8. The van der Waals surface area contributed by atoms with E-state index in [0.29, 0.717) is 23.9 Å². The molecule has 2 heterocycles. The highest BCUT2D eigenvalue weighted by Crippen LogP contribution is 2.23. The second-order valence-electron chi connectivity index (χ2n) is 6.79. The third-order valence-corrected chi connectivity index (χ3v) is 5.34. The molecule has 2 aromatic carbocycles. The number of nitrogens with zero attached hydrogens (tertiary/aromatic N) is 5. The van der Waals surface area contributed by atoms with Crippen molar-refractivity contribution in [2.24, 2.45) is 0 Å². The minimum atomic E-state index is 0.547. The maximum Gasteiger partial charge on any atom is 0.247 e. The van der Waals surface area contributed by atoms with E-state index in [2.05, 4.69) is 42.0 Å². The van der Waals surface area contributed by atoms with E-state index in [9.17, 15) is 0 Å². The highest BCUT2D eigenvalue weighted by atomic mass is 79.9. The van der Waals surface area contributed by atoms with Crippen molar-refractivity contribution in [2.75, 3.05) is 31.1 Å². The molecule has 142 valence electrons. The first-order valence-corrected chi connectivity index (χ1v) is 10.1. The highest BCUT2D eigenvalue weighted by Gasteiger charge is 2.18. The molecule has 0 aliphatic carbocycles. The molecular formula is C21H20BrN5O. The molecule has 0 radical (unpaired) electrons. The molecule has 1 fully saturated rings. The van der Waals surface area contributed by atoms with Gasteiger partial charge in [0.05, 0.1) is 18.2 Å². The van der Waals surface area contributed by atoms with E-state index in [1.807, 2.05) is 48.5 Å². The molecule has 1 aliphatic heterocycles. The normalized spacial score (nSPS) is 15.2. The summed E-state index contributed by atoms with van der Waals surface area (Å²) in [4.78, 5) is 4.71. The average Bonchev–Trinajstić information content (AvgIpc) is 3.06. The first kappa shape index (κ1) is 18.7. The third-order valence-electron chi connectivity index (χ3n) is 4.85. The largest absolute Gasteiger partial charge is 0.419 e. The van der Waals surface area contributed by atoms with Crippen LogP contribution in [0, 0.1) is 11.3 Å². The van der Waals surface area contributed by atoms with Gasteiger partial charge in [0.25, 0.3) is 0 Å². The van der Waals surface area contributed by atoms with E-state index >= 15 is 0 Å². The fraction of sp³-hybridized carbons (Fsp3) is 0.286. The molecule has 0 unspecified atom stereocenters. The van der Waals surface area contributed by atoms with Gasteiger partial charge in [-0.05, 0) is 48.9 Å². The monoisotopic (exact) mass is 437 g/mol. The molecule has 0 N–H and O–H groups in total. The van der Waals surface area contributed by atoms with Crippen LogP contribution in [-0.2, 0) is 6.54 Å². The van der Waals surface area contributed by atoms with Crippen molar-refractivity contribution in [1.29, 1.82) is 5.26 Å². The average molecular weight is 438 g/mol. The zero-order valence-corrected chi connectivity index (χ0v) is 17.0. The number of rotatable bonds is 4. The number of hydrogen-bond acceptors (Lipinski definition) is 6. The predicted molar refractivity (Wildman–Crippen MR) is 111 cm³/mol. The Morgan fingerprint density at radius 2 is 1.89 bits per heavy atom. The molecule has 7 heteroatoms. The van der Waals surface area contributed by atoms with Gasteiger partial charge in [-0.3, -0.25) is 4.90 Å². The lowest BCUT2D eigenvalue weighted by atomic mass is 10.2. The molecule has 3 aromatic rings. The maximum absolute atomic E-state index is 8.95. The summed E-state index contributed by atoms with van der Waals surface area (Å²) in [5.41, 5.74) is 2.77. The zero-order chi connectivity index (χ0) is 19.3. The number of aromatic nitrogens is 2. The lowest BCUT2D eigenvalue weighted by molar-refractivity contribution is 0.256. The zero-order valence-electron chi connectivity index (χ0n) is 15.4. The minimum Gasteiger partial charge on any atom is -0.419 e. The molecule has 0 spiro atoms. The molecule has 6 nitrogen and oxygen atoms in total. The number of benzene rings is 2. The second kappa shape index (κ2) is 8.55. The Morgan fingerprint density at radius 3 is 2.68 bits per heavy atom. The van der Waals surface area contributed by atoms with E-state index in [0.717, 1.165) is 48.3 Å². The molecule has 1 aromatic heterocycles. The summed E-state index contributed by atoms with van der Waals surface area (Å²) in [5, 5.41) is 17.4. The molecule has 0 amide bonds. The van der Waals surface area contributed by atoms with Crippen LogP contribution < -0.4 is 4.90 Å². The molecular weight excluding hydrogens is 418 g/mol. The van der Waals surface area contributed by atoms with Crippen LogP contribution in [0.1, 0.15) is 17.9 Å². The van der Waals surface area contributed by atoms with Crippen molar-refractivity contribution in [3.05, 3.63) is 64.5 Å². The third kappa shape index (κ3) is 4.41. The van der Waals surface area contributed by atoms with Crippen molar-refractivity contribution < 1.29 is 4.42 Å². The van der Waals surface area contributed by atoms with Gasteiger partial charge in [-0.25, -0.2) is 0 Å². The molecule has 1 saturated heterocycles. The Kier molecular flexibility index (Phi) is 5.70. The van der Waals surface area contributed by atoms with Crippen molar-refractivity contribution in [1.82, 2.24) is 15.1 Å². The van der Waals surface area contributed by atoms with Gasteiger partial charge >= 0.3 is 0 Å². The van der Waals surface area contributed by atoms with Gasteiger partial charge in [0, 0.05) is 41.9 Å². The van der Waals surface area contributed by atoms with Crippen molar-refractivity contribution in [3.8, 4) is 17.5 Å². The van der Waals surface area contributed by atoms with Gasteiger partial charge in [-0.15, -0.1) is 10.2 Å². The highest BCUT2D eigenvalue weighted by molar-refractivity contribution is 9.10. The van der Waals surface area contributed by atoms with Crippen LogP contribution in [0.25, 0.3) is 11.5 Å². The smallest absolute Gasteiger partial charge is 0.247 e. The topological polar surface area (TPSA) is 69.2 Å². The van der Waals surface area contributed by atoms with E-state index in [1.54, 1.807) is 0 Å². The van der Waals surface area contributed by atoms with Crippen LogP contribution in [0.2, 0.25) is 0 Å². The Morgan fingerprint density at radius 1 is 1.04 bits per heavy atom. The molecule has 0 atom stereocenters. The number of hydrogen-bond donors (Lipinski definition) is 0. The van der Waals surface area contributed by atoms with Gasteiger partial charge in [0.15, 0.2) is 0 Å². The summed E-state index contributed by atoms with van der Waals surface area (Å²) < 4.78 is 6.86. The molecule has 4 rings (SSSR count). The van der Waals surface area contributed by atoms with Crippen LogP contribution in [0.15, 0.2) is 57.4 Å². The second-order valence-corrected chi connectivity index (χ2v) is 7.70. The van der Waals surface area contributed by atoms with Gasteiger partial charge in [0.1, 0.15) is 0 Å². The Bertz CT molecular complexity index is 979. The van der Waals surface area contributed by atoms with Crippen LogP contribution in [0.5, 0.6) is 0 Å². The van der Waals surface area contributed by atoms with E-state index in [4.69, 9.17) is 9.68 Å². The van der Waals surface area contributed by atoms with E-state index in [-0.39, 0.29) is 0 Å². The number of anilines is 1. The molecule has 1 aliphatic rings. The van der Waals surface area contributed by atoms with Crippen LogP contribution in [-0.4, -0.2) is 41.3 Å². The Labute approximate surface area is 172 Å². The molecule has 0 bridgehead atoms. The van der Waals surface area contributed by atoms with E-state index in [1.165, 1.54) is 0 Å². The SMILES string of the molecule is N#Cc1ccc(N2CCCN(Cc3nnc(-c4cccc(Br)c4)o3)CC2)cc1. The fourth-order valence-corrected chi connectivity index (χ4v) is 3.78. The van der Waals surface area contributed by atoms with Gasteiger partial charge < -0.3 is 9.32 Å². The van der Waals surface area contributed by atoms with Gasteiger partial charge in [0.2, 0.25) is 11.8 Å². The quantitative estimate of drug-likeness (QED) is 0.612. The summed E-state index contributed by atoms with van der Waals surface area (Å²) in [5.74, 6) is 1.19. The Hall–Kier alpha value is -2.69.